The van der Waals surface area contributed by atoms with E-state index in [9.17, 15) is 9.59 Å². The molecule has 0 unspecified atom stereocenters. The van der Waals surface area contributed by atoms with Crippen LogP contribution in [0, 0.1) is 0 Å². The van der Waals surface area contributed by atoms with E-state index in [1.165, 1.54) is 17.7 Å². The predicted octanol–water partition coefficient (Wildman–Crippen LogP) is 2.40. The molecule has 0 N–H and O–H groups in total. The number of hydrogen-bond acceptors (Lipinski definition) is 5. The molecule has 0 aliphatic carbocycles. The van der Waals surface area contributed by atoms with Crippen LogP contribution >= 0.6 is 35.6 Å². The molecule has 3 rings (SSSR count). The van der Waals surface area contributed by atoms with E-state index in [1.807, 2.05) is 0 Å². The van der Waals surface area contributed by atoms with Gasteiger partial charge in [-0.05, 0) is 24.6 Å². The SMILES string of the molecule is Cl.Cn1c(N2CCN(CCCOc3cc(Cl)cc(Cl)c3)CC2)cc(=O)n(C)c1=O. The van der Waals surface area contributed by atoms with Crippen molar-refractivity contribution >= 4 is 41.4 Å². The van der Waals surface area contributed by atoms with Crippen molar-refractivity contribution in [3.05, 3.63) is 55.1 Å². The van der Waals surface area contributed by atoms with Crippen molar-refractivity contribution in [1.29, 1.82) is 0 Å². The first-order chi connectivity index (χ1) is 13.3. The molecule has 1 aliphatic heterocycles. The molecule has 7 nitrogen and oxygen atoms in total. The van der Waals surface area contributed by atoms with Crippen molar-refractivity contribution < 1.29 is 4.74 Å². The molecule has 1 aliphatic rings. The van der Waals surface area contributed by atoms with E-state index < -0.39 is 0 Å². The van der Waals surface area contributed by atoms with E-state index in [1.54, 1.807) is 25.2 Å². The Morgan fingerprint density at radius 2 is 1.55 bits per heavy atom. The van der Waals surface area contributed by atoms with Gasteiger partial charge in [0, 0.05) is 62.9 Å². The van der Waals surface area contributed by atoms with Gasteiger partial charge in [0.2, 0.25) is 0 Å². The molecule has 0 saturated carbocycles. The molecule has 160 valence electrons. The Hall–Kier alpha value is -1.67. The lowest BCUT2D eigenvalue weighted by Crippen LogP contribution is -2.49. The number of anilines is 1. The standard InChI is InChI=1S/C19H24Cl2N4O3.ClH/c1-22-17(13-18(26)23(2)19(22)27)25-7-5-24(6-8-25)4-3-9-28-16-11-14(20)10-15(21)12-16;/h10-13H,3-9H2,1-2H3;1H. The molecule has 0 atom stereocenters. The summed E-state index contributed by atoms with van der Waals surface area (Å²) < 4.78 is 8.37. The Bertz CT molecular complexity index is 932. The van der Waals surface area contributed by atoms with Gasteiger partial charge in [-0.1, -0.05) is 23.2 Å². The molecule has 0 bridgehead atoms. The summed E-state index contributed by atoms with van der Waals surface area (Å²) in [6, 6.07) is 6.70. The van der Waals surface area contributed by atoms with Crippen LogP contribution in [-0.2, 0) is 14.1 Å². The quantitative estimate of drug-likeness (QED) is 0.616. The molecular formula is C19H25Cl3N4O3. The van der Waals surface area contributed by atoms with Crippen molar-refractivity contribution in [3.8, 4) is 5.75 Å². The summed E-state index contributed by atoms with van der Waals surface area (Å²) in [7, 11) is 3.19. The van der Waals surface area contributed by atoms with Crippen LogP contribution in [0.2, 0.25) is 10.0 Å². The Morgan fingerprint density at radius 3 is 2.17 bits per heavy atom. The van der Waals surface area contributed by atoms with E-state index in [0.29, 0.717) is 28.2 Å². The van der Waals surface area contributed by atoms with Gasteiger partial charge in [-0.25, -0.2) is 4.79 Å². The average Bonchev–Trinajstić information content (AvgIpc) is 2.66. The fourth-order valence-corrected chi connectivity index (χ4v) is 3.82. The highest BCUT2D eigenvalue weighted by molar-refractivity contribution is 6.34. The third-order valence-corrected chi connectivity index (χ3v) is 5.36. The molecule has 2 heterocycles. The molecular weight excluding hydrogens is 439 g/mol. The number of benzene rings is 1. The summed E-state index contributed by atoms with van der Waals surface area (Å²) in [4.78, 5) is 28.5. The van der Waals surface area contributed by atoms with Crippen LogP contribution in [0.4, 0.5) is 5.82 Å². The zero-order valence-corrected chi connectivity index (χ0v) is 18.8. The van der Waals surface area contributed by atoms with E-state index in [-0.39, 0.29) is 23.7 Å². The van der Waals surface area contributed by atoms with Crippen LogP contribution < -0.4 is 20.9 Å². The normalized spacial score (nSPS) is 14.6. The topological polar surface area (TPSA) is 59.7 Å². The number of hydrogen-bond donors (Lipinski definition) is 0. The molecule has 10 heteroatoms. The fraction of sp³-hybridized carbons (Fsp3) is 0.474. The van der Waals surface area contributed by atoms with Crippen LogP contribution in [-0.4, -0.2) is 53.4 Å². The lowest BCUT2D eigenvalue weighted by atomic mass is 10.3. The molecule has 0 amide bonds. The number of rotatable bonds is 6. The average molecular weight is 464 g/mol. The minimum atomic E-state index is -0.303. The van der Waals surface area contributed by atoms with Gasteiger partial charge in [0.05, 0.1) is 6.61 Å². The lowest BCUT2D eigenvalue weighted by Gasteiger charge is -2.36. The highest BCUT2D eigenvalue weighted by Crippen LogP contribution is 2.24. The van der Waals surface area contributed by atoms with E-state index >= 15 is 0 Å². The van der Waals surface area contributed by atoms with Gasteiger partial charge in [-0.15, -0.1) is 12.4 Å². The largest absolute Gasteiger partial charge is 0.493 e. The van der Waals surface area contributed by atoms with Gasteiger partial charge in [0.15, 0.2) is 0 Å². The molecule has 0 spiro atoms. The summed E-state index contributed by atoms with van der Waals surface area (Å²) in [5.41, 5.74) is -0.581. The van der Waals surface area contributed by atoms with Gasteiger partial charge in [0.1, 0.15) is 11.6 Å². The van der Waals surface area contributed by atoms with Crippen molar-refractivity contribution in [1.82, 2.24) is 14.0 Å². The second kappa shape index (κ2) is 10.4. The Morgan fingerprint density at radius 1 is 0.931 bits per heavy atom. The number of nitrogens with zero attached hydrogens (tertiary/aromatic N) is 4. The minimum Gasteiger partial charge on any atom is -0.493 e. The van der Waals surface area contributed by atoms with Crippen LogP contribution in [0.3, 0.4) is 0 Å². The van der Waals surface area contributed by atoms with E-state index in [0.717, 1.165) is 43.7 Å². The van der Waals surface area contributed by atoms with E-state index in [4.69, 9.17) is 27.9 Å². The van der Waals surface area contributed by atoms with Gasteiger partial charge in [-0.3, -0.25) is 18.8 Å². The van der Waals surface area contributed by atoms with Gasteiger partial charge in [0.25, 0.3) is 5.56 Å². The molecule has 0 radical (unpaired) electrons. The first-order valence-electron chi connectivity index (χ1n) is 9.18. The zero-order chi connectivity index (χ0) is 20.3. The Labute approximate surface area is 185 Å². The number of piperazine rings is 1. The van der Waals surface area contributed by atoms with Crippen molar-refractivity contribution in [2.75, 3.05) is 44.2 Å². The predicted molar refractivity (Wildman–Crippen MR) is 119 cm³/mol. The number of halogens is 3. The Kier molecular flexibility index (Phi) is 8.46. The van der Waals surface area contributed by atoms with Crippen molar-refractivity contribution in [2.45, 2.75) is 6.42 Å². The lowest BCUT2D eigenvalue weighted by molar-refractivity contribution is 0.224. The maximum Gasteiger partial charge on any atom is 0.332 e. The summed E-state index contributed by atoms with van der Waals surface area (Å²) in [5, 5.41) is 1.12. The van der Waals surface area contributed by atoms with Crippen LogP contribution in [0.1, 0.15) is 6.42 Å². The smallest absolute Gasteiger partial charge is 0.332 e. The second-order valence-electron chi connectivity index (χ2n) is 6.88. The first-order valence-corrected chi connectivity index (χ1v) is 9.94. The molecule has 1 aromatic carbocycles. The third kappa shape index (κ3) is 5.92. The minimum absolute atomic E-state index is 0. The van der Waals surface area contributed by atoms with Crippen molar-refractivity contribution in [2.24, 2.45) is 14.1 Å². The summed E-state index contributed by atoms with van der Waals surface area (Å²) >= 11 is 11.9. The molecule has 1 saturated heterocycles. The van der Waals surface area contributed by atoms with Crippen LogP contribution in [0.25, 0.3) is 0 Å². The number of ether oxygens (including phenoxy) is 1. The van der Waals surface area contributed by atoms with Crippen LogP contribution in [0.15, 0.2) is 33.9 Å². The maximum atomic E-state index is 12.1. The second-order valence-corrected chi connectivity index (χ2v) is 7.75. The highest BCUT2D eigenvalue weighted by atomic mass is 35.5. The van der Waals surface area contributed by atoms with Crippen molar-refractivity contribution in [3.63, 3.8) is 0 Å². The van der Waals surface area contributed by atoms with Gasteiger partial charge >= 0.3 is 5.69 Å². The molecule has 2 aromatic rings. The van der Waals surface area contributed by atoms with Crippen LogP contribution in [0.5, 0.6) is 5.75 Å². The summed E-state index contributed by atoms with van der Waals surface area (Å²) in [6.45, 7) is 4.77. The van der Waals surface area contributed by atoms with Gasteiger partial charge in [-0.2, -0.15) is 0 Å². The zero-order valence-electron chi connectivity index (χ0n) is 16.4. The summed E-state index contributed by atoms with van der Waals surface area (Å²) in [6.07, 6.45) is 0.883. The van der Waals surface area contributed by atoms with E-state index in [2.05, 4.69) is 9.80 Å². The summed E-state index contributed by atoms with van der Waals surface area (Å²) in [5.74, 6) is 1.35. The molecule has 29 heavy (non-hydrogen) atoms. The first kappa shape index (κ1) is 23.6. The third-order valence-electron chi connectivity index (χ3n) is 4.92. The fourth-order valence-electron chi connectivity index (χ4n) is 3.32. The monoisotopic (exact) mass is 462 g/mol. The van der Waals surface area contributed by atoms with Gasteiger partial charge < -0.3 is 9.64 Å². The maximum absolute atomic E-state index is 12.1. The number of aromatic nitrogens is 2. The highest BCUT2D eigenvalue weighted by Gasteiger charge is 2.20. The Balaban J connectivity index is 0.00000300. The molecule has 1 aromatic heterocycles. The molecule has 1 fully saturated rings.